The molecule has 0 bridgehead atoms. The molecular formula is C11H10FN2. The van der Waals surface area contributed by atoms with Crippen LogP contribution in [0.4, 0.5) is 4.39 Å². The summed E-state index contributed by atoms with van der Waals surface area (Å²) in [5.74, 6) is -0.208. The van der Waals surface area contributed by atoms with E-state index in [0.29, 0.717) is 12.1 Å². The lowest BCUT2D eigenvalue weighted by Crippen LogP contribution is -2.17. The van der Waals surface area contributed by atoms with Crippen molar-refractivity contribution < 1.29 is 4.39 Å². The number of nitrogens with zero attached hydrogens (tertiary/aromatic N) is 1. The quantitative estimate of drug-likeness (QED) is 0.717. The second-order valence-corrected chi connectivity index (χ2v) is 3.23. The molecule has 0 aliphatic carbocycles. The topological polar surface area (TPSA) is 24.4 Å². The van der Waals surface area contributed by atoms with E-state index < -0.39 is 0 Å². The molecule has 1 heterocycles. The van der Waals surface area contributed by atoms with Crippen LogP contribution in [0.2, 0.25) is 0 Å². The highest BCUT2D eigenvalue weighted by atomic mass is 19.1. The lowest BCUT2D eigenvalue weighted by atomic mass is 10.0. The van der Waals surface area contributed by atoms with Gasteiger partial charge in [0.05, 0.1) is 0 Å². The van der Waals surface area contributed by atoms with Gasteiger partial charge in [-0.05, 0) is 24.6 Å². The van der Waals surface area contributed by atoms with Crippen LogP contribution in [-0.4, -0.2) is 12.9 Å². The molecule has 0 spiro atoms. The van der Waals surface area contributed by atoms with Crippen LogP contribution in [0.1, 0.15) is 11.1 Å². The third-order valence-electron chi connectivity index (χ3n) is 2.11. The molecule has 0 fully saturated rings. The average Bonchev–Trinajstić information content (AvgIpc) is 2.23. The number of nitrogens with one attached hydrogen (secondary N) is 1. The van der Waals surface area contributed by atoms with Crippen molar-refractivity contribution in [1.29, 1.82) is 0 Å². The molecule has 1 aromatic carbocycles. The van der Waals surface area contributed by atoms with Gasteiger partial charge in [0, 0.05) is 18.3 Å². The molecule has 0 saturated carbocycles. The Kier molecular flexibility index (Phi) is 2.31. The zero-order valence-electron chi connectivity index (χ0n) is 7.84. The van der Waals surface area contributed by atoms with E-state index in [9.17, 15) is 4.39 Å². The number of hydrogen-bond acceptors (Lipinski definition) is 2. The Morgan fingerprint density at radius 3 is 3.07 bits per heavy atom. The third kappa shape index (κ3) is 1.66. The Morgan fingerprint density at radius 2 is 2.36 bits per heavy atom. The molecule has 2 nitrogen and oxygen atoms in total. The Balaban J connectivity index is 2.44. The normalized spacial score (nSPS) is 14.9. The largest absolute Gasteiger partial charge is 0.363 e. The SMILES string of the molecule is Cc1ccc(F)c(C2=CN=[C]NC2)c1. The van der Waals surface area contributed by atoms with Crippen molar-refractivity contribution in [3.8, 4) is 0 Å². The highest BCUT2D eigenvalue weighted by Crippen LogP contribution is 2.20. The maximum absolute atomic E-state index is 13.4. The summed E-state index contributed by atoms with van der Waals surface area (Å²) in [6.07, 6.45) is 4.23. The van der Waals surface area contributed by atoms with Crippen molar-refractivity contribution >= 4 is 11.9 Å². The smallest absolute Gasteiger partial charge is 0.169 e. The van der Waals surface area contributed by atoms with Crippen molar-refractivity contribution in [2.45, 2.75) is 6.92 Å². The summed E-state index contributed by atoms with van der Waals surface area (Å²) >= 11 is 0. The van der Waals surface area contributed by atoms with Gasteiger partial charge in [-0.1, -0.05) is 11.6 Å². The Morgan fingerprint density at radius 1 is 1.50 bits per heavy atom. The first-order chi connectivity index (χ1) is 6.77. The fraction of sp³-hybridized carbons (Fsp3) is 0.182. The van der Waals surface area contributed by atoms with Crippen LogP contribution in [0.25, 0.3) is 5.57 Å². The summed E-state index contributed by atoms with van der Waals surface area (Å²) in [6.45, 7) is 2.51. The predicted octanol–water partition coefficient (Wildman–Crippen LogP) is 1.98. The van der Waals surface area contributed by atoms with Crippen molar-refractivity contribution in [2.24, 2.45) is 4.99 Å². The van der Waals surface area contributed by atoms with E-state index >= 15 is 0 Å². The first kappa shape index (κ1) is 8.94. The number of benzene rings is 1. The van der Waals surface area contributed by atoms with Crippen LogP contribution in [0.15, 0.2) is 29.4 Å². The van der Waals surface area contributed by atoms with Gasteiger partial charge in [0.2, 0.25) is 0 Å². The fourth-order valence-electron chi connectivity index (χ4n) is 1.39. The van der Waals surface area contributed by atoms with Crippen molar-refractivity contribution in [2.75, 3.05) is 6.54 Å². The summed E-state index contributed by atoms with van der Waals surface area (Å²) < 4.78 is 13.4. The van der Waals surface area contributed by atoms with E-state index in [0.717, 1.165) is 11.1 Å². The first-order valence-electron chi connectivity index (χ1n) is 4.40. The van der Waals surface area contributed by atoms with E-state index in [-0.39, 0.29) is 5.82 Å². The molecule has 0 saturated heterocycles. The van der Waals surface area contributed by atoms with E-state index in [2.05, 4.69) is 16.6 Å². The lowest BCUT2D eigenvalue weighted by Gasteiger charge is -2.11. The van der Waals surface area contributed by atoms with Gasteiger partial charge in [-0.3, -0.25) is 0 Å². The Labute approximate surface area is 82.2 Å². The van der Waals surface area contributed by atoms with Gasteiger partial charge < -0.3 is 5.32 Å². The maximum atomic E-state index is 13.4. The first-order valence-corrected chi connectivity index (χ1v) is 4.40. The molecular weight excluding hydrogens is 179 g/mol. The summed E-state index contributed by atoms with van der Waals surface area (Å²) in [6, 6.07) is 5.06. The molecule has 0 unspecified atom stereocenters. The van der Waals surface area contributed by atoms with Gasteiger partial charge >= 0.3 is 0 Å². The number of rotatable bonds is 1. The van der Waals surface area contributed by atoms with Crippen LogP contribution in [-0.2, 0) is 0 Å². The molecule has 1 radical (unpaired) electrons. The summed E-state index contributed by atoms with van der Waals surface area (Å²) in [4.78, 5) is 3.82. The van der Waals surface area contributed by atoms with Crippen LogP contribution >= 0.6 is 0 Å². The average molecular weight is 189 g/mol. The van der Waals surface area contributed by atoms with Gasteiger partial charge in [-0.2, -0.15) is 0 Å². The van der Waals surface area contributed by atoms with E-state index in [1.807, 2.05) is 13.0 Å². The van der Waals surface area contributed by atoms with Crippen molar-refractivity contribution in [3.05, 3.63) is 41.3 Å². The summed E-state index contributed by atoms with van der Waals surface area (Å²) in [5.41, 5.74) is 2.51. The second kappa shape index (κ2) is 3.62. The maximum Gasteiger partial charge on any atom is 0.169 e. The minimum atomic E-state index is -0.208. The number of aliphatic imine (C=N–C) groups is 1. The molecule has 2 rings (SSSR count). The highest BCUT2D eigenvalue weighted by molar-refractivity contribution is 5.74. The molecule has 0 amide bonds. The highest BCUT2D eigenvalue weighted by Gasteiger charge is 2.09. The zero-order chi connectivity index (χ0) is 9.97. The zero-order valence-corrected chi connectivity index (χ0v) is 7.84. The standard InChI is InChI=1S/C11H10FN2/c1-8-2-3-11(12)10(4-8)9-5-13-7-14-6-9/h2-5H,6H2,1H3,(H,13,14). The third-order valence-corrected chi connectivity index (χ3v) is 2.11. The van der Waals surface area contributed by atoms with Crippen molar-refractivity contribution in [1.82, 2.24) is 5.32 Å². The molecule has 1 N–H and O–H groups in total. The lowest BCUT2D eigenvalue weighted by molar-refractivity contribution is 0.622. The van der Waals surface area contributed by atoms with Gasteiger partial charge in [0.15, 0.2) is 6.34 Å². The fourth-order valence-corrected chi connectivity index (χ4v) is 1.39. The van der Waals surface area contributed by atoms with Crippen LogP contribution in [0.5, 0.6) is 0 Å². The molecule has 1 aliphatic rings. The minimum absolute atomic E-state index is 0.208. The number of aryl methyl sites for hydroxylation is 1. The Hall–Kier alpha value is -1.64. The van der Waals surface area contributed by atoms with Gasteiger partial charge in [-0.15, -0.1) is 0 Å². The monoisotopic (exact) mass is 189 g/mol. The predicted molar refractivity (Wildman–Crippen MR) is 54.6 cm³/mol. The Bertz CT molecular complexity index is 408. The minimum Gasteiger partial charge on any atom is -0.363 e. The summed E-state index contributed by atoms with van der Waals surface area (Å²) in [7, 11) is 0. The van der Waals surface area contributed by atoms with E-state index in [4.69, 9.17) is 0 Å². The molecule has 0 aromatic heterocycles. The molecule has 71 valence electrons. The summed E-state index contributed by atoms with van der Waals surface area (Å²) in [5, 5.41) is 2.83. The molecule has 1 aromatic rings. The van der Waals surface area contributed by atoms with Crippen LogP contribution < -0.4 is 5.32 Å². The van der Waals surface area contributed by atoms with Crippen LogP contribution in [0.3, 0.4) is 0 Å². The molecule has 14 heavy (non-hydrogen) atoms. The van der Waals surface area contributed by atoms with Crippen LogP contribution in [0, 0.1) is 12.7 Å². The van der Waals surface area contributed by atoms with Crippen molar-refractivity contribution in [3.63, 3.8) is 0 Å². The van der Waals surface area contributed by atoms with Gasteiger partial charge in [0.1, 0.15) is 5.82 Å². The second-order valence-electron chi connectivity index (χ2n) is 3.23. The van der Waals surface area contributed by atoms with Gasteiger partial charge in [0.25, 0.3) is 0 Å². The molecule has 3 heteroatoms. The molecule has 0 atom stereocenters. The number of hydrogen-bond donors (Lipinski definition) is 1. The van der Waals surface area contributed by atoms with Gasteiger partial charge in [-0.25, -0.2) is 9.38 Å². The molecule has 1 aliphatic heterocycles. The number of halogens is 1. The van der Waals surface area contributed by atoms with E-state index in [1.54, 1.807) is 12.3 Å². The van der Waals surface area contributed by atoms with E-state index in [1.165, 1.54) is 6.07 Å².